The summed E-state index contributed by atoms with van der Waals surface area (Å²) in [4.78, 5) is 15.1. The number of nitro benzene ring substituents is 1. The minimum Gasteiger partial charge on any atom is -0.497 e. The van der Waals surface area contributed by atoms with Crippen molar-refractivity contribution in [2.24, 2.45) is 4.99 Å². The van der Waals surface area contributed by atoms with Gasteiger partial charge in [0.25, 0.3) is 5.69 Å². The maximum atomic E-state index is 11.1. The maximum Gasteiger partial charge on any atom is 0.274 e. The molecule has 0 heterocycles. The fourth-order valence-electron chi connectivity index (χ4n) is 2.34. The number of nitrogens with one attached hydrogen (secondary N) is 2. The van der Waals surface area contributed by atoms with Crippen LogP contribution in [-0.2, 0) is 6.54 Å². The van der Waals surface area contributed by atoms with E-state index in [4.69, 9.17) is 9.47 Å². The molecule has 0 bridgehead atoms. The number of hydrogen-bond donors (Lipinski definition) is 2. The molecule has 8 nitrogen and oxygen atoms in total. The van der Waals surface area contributed by atoms with Crippen molar-refractivity contribution in [2.75, 3.05) is 26.8 Å². The van der Waals surface area contributed by atoms with Crippen molar-refractivity contribution in [3.05, 3.63) is 64.2 Å². The molecular weight excluding hydrogens is 348 g/mol. The van der Waals surface area contributed by atoms with E-state index in [1.54, 1.807) is 25.3 Å². The molecule has 0 saturated heterocycles. The number of para-hydroxylation sites is 1. The molecule has 144 valence electrons. The lowest BCUT2D eigenvalue weighted by Gasteiger charge is -2.12. The van der Waals surface area contributed by atoms with Gasteiger partial charge in [0.1, 0.15) is 18.1 Å². The zero-order valence-corrected chi connectivity index (χ0v) is 15.5. The van der Waals surface area contributed by atoms with E-state index in [0.717, 1.165) is 11.5 Å². The predicted octanol–water partition coefficient (Wildman–Crippen LogP) is 2.74. The van der Waals surface area contributed by atoms with Crippen LogP contribution in [0.5, 0.6) is 11.5 Å². The lowest BCUT2D eigenvalue weighted by atomic mass is 10.2. The van der Waals surface area contributed by atoms with Gasteiger partial charge in [0.15, 0.2) is 5.96 Å². The summed E-state index contributed by atoms with van der Waals surface area (Å²) in [5, 5.41) is 17.3. The van der Waals surface area contributed by atoms with Gasteiger partial charge in [-0.1, -0.05) is 18.2 Å². The number of guanidine groups is 1. The highest BCUT2D eigenvalue weighted by atomic mass is 16.6. The van der Waals surface area contributed by atoms with Gasteiger partial charge in [0.05, 0.1) is 30.7 Å². The van der Waals surface area contributed by atoms with Crippen LogP contribution in [0.15, 0.2) is 53.5 Å². The molecule has 0 unspecified atom stereocenters. The highest BCUT2D eigenvalue weighted by Gasteiger charge is 2.11. The Morgan fingerprint density at radius 3 is 2.48 bits per heavy atom. The summed E-state index contributed by atoms with van der Waals surface area (Å²) in [7, 11) is 1.62. The van der Waals surface area contributed by atoms with Crippen LogP contribution < -0.4 is 20.1 Å². The first-order valence-electron chi connectivity index (χ1n) is 8.65. The topological polar surface area (TPSA) is 98.0 Å². The lowest BCUT2D eigenvalue weighted by Crippen LogP contribution is -2.39. The number of nitrogens with zero attached hydrogens (tertiary/aromatic N) is 2. The van der Waals surface area contributed by atoms with Crippen LogP contribution in [-0.4, -0.2) is 37.7 Å². The summed E-state index contributed by atoms with van der Waals surface area (Å²) >= 11 is 0. The number of methoxy groups -OCH3 is 1. The number of ether oxygens (including phenoxy) is 2. The summed E-state index contributed by atoms with van der Waals surface area (Å²) in [6, 6.07) is 13.9. The van der Waals surface area contributed by atoms with E-state index in [2.05, 4.69) is 15.6 Å². The second kappa shape index (κ2) is 10.6. The van der Waals surface area contributed by atoms with Gasteiger partial charge < -0.3 is 20.1 Å². The number of nitro groups is 1. The molecule has 27 heavy (non-hydrogen) atoms. The Kier molecular flexibility index (Phi) is 7.90. The van der Waals surface area contributed by atoms with Crippen molar-refractivity contribution in [1.82, 2.24) is 10.6 Å². The minimum atomic E-state index is -0.395. The molecule has 0 aliphatic rings. The first-order chi connectivity index (χ1) is 13.1. The van der Waals surface area contributed by atoms with E-state index >= 15 is 0 Å². The third-order valence-corrected chi connectivity index (χ3v) is 3.66. The van der Waals surface area contributed by atoms with Gasteiger partial charge in [-0.2, -0.15) is 0 Å². The molecule has 0 radical (unpaired) electrons. The Morgan fingerprint density at radius 1 is 1.11 bits per heavy atom. The second-order valence-corrected chi connectivity index (χ2v) is 5.53. The molecule has 0 amide bonds. The Balaban J connectivity index is 1.87. The normalized spacial score (nSPS) is 11.0. The van der Waals surface area contributed by atoms with Gasteiger partial charge in [-0.05, 0) is 31.2 Å². The summed E-state index contributed by atoms with van der Waals surface area (Å²) in [6.07, 6.45) is 0. The van der Waals surface area contributed by atoms with Gasteiger partial charge >= 0.3 is 0 Å². The van der Waals surface area contributed by atoms with Crippen LogP contribution in [0.3, 0.4) is 0 Å². The monoisotopic (exact) mass is 372 g/mol. The van der Waals surface area contributed by atoms with E-state index in [0.29, 0.717) is 31.2 Å². The van der Waals surface area contributed by atoms with Crippen molar-refractivity contribution >= 4 is 11.6 Å². The number of hydrogen-bond acceptors (Lipinski definition) is 5. The smallest absolute Gasteiger partial charge is 0.274 e. The quantitative estimate of drug-likeness (QED) is 0.231. The molecular formula is C19H24N4O4. The summed E-state index contributed by atoms with van der Waals surface area (Å²) in [5.74, 6) is 2.10. The Labute approximate surface area is 158 Å². The van der Waals surface area contributed by atoms with Crippen LogP contribution in [0.1, 0.15) is 12.5 Å². The predicted molar refractivity (Wildman–Crippen MR) is 104 cm³/mol. The van der Waals surface area contributed by atoms with Gasteiger partial charge in [-0.25, -0.2) is 4.99 Å². The summed E-state index contributed by atoms with van der Waals surface area (Å²) < 4.78 is 10.8. The van der Waals surface area contributed by atoms with Crippen molar-refractivity contribution in [3.63, 3.8) is 0 Å². The van der Waals surface area contributed by atoms with Crippen molar-refractivity contribution in [3.8, 4) is 11.5 Å². The zero-order valence-electron chi connectivity index (χ0n) is 15.5. The van der Waals surface area contributed by atoms with Crippen LogP contribution in [0.25, 0.3) is 0 Å². The molecule has 0 aliphatic heterocycles. The zero-order chi connectivity index (χ0) is 19.5. The molecule has 8 heteroatoms. The third kappa shape index (κ3) is 6.50. The fraction of sp³-hybridized carbons (Fsp3) is 0.316. The lowest BCUT2D eigenvalue weighted by molar-refractivity contribution is -0.385. The molecule has 0 spiro atoms. The van der Waals surface area contributed by atoms with Crippen LogP contribution in [0.4, 0.5) is 5.69 Å². The molecule has 2 aromatic rings. The Hall–Kier alpha value is -3.29. The van der Waals surface area contributed by atoms with Crippen LogP contribution in [0.2, 0.25) is 0 Å². The van der Waals surface area contributed by atoms with E-state index in [1.165, 1.54) is 6.07 Å². The van der Waals surface area contributed by atoms with Gasteiger partial charge in [0, 0.05) is 12.6 Å². The average molecular weight is 372 g/mol. The van der Waals surface area contributed by atoms with Crippen LogP contribution >= 0.6 is 0 Å². The Morgan fingerprint density at radius 2 is 1.81 bits per heavy atom. The first-order valence-corrected chi connectivity index (χ1v) is 8.65. The van der Waals surface area contributed by atoms with Crippen molar-refractivity contribution in [1.29, 1.82) is 0 Å². The van der Waals surface area contributed by atoms with Crippen LogP contribution in [0, 0.1) is 10.1 Å². The minimum absolute atomic E-state index is 0.0694. The average Bonchev–Trinajstić information content (AvgIpc) is 2.69. The van der Waals surface area contributed by atoms with E-state index in [1.807, 2.05) is 31.2 Å². The van der Waals surface area contributed by atoms with Crippen molar-refractivity contribution < 1.29 is 14.4 Å². The highest BCUT2D eigenvalue weighted by Crippen LogP contribution is 2.18. The number of rotatable bonds is 9. The molecule has 0 saturated carbocycles. The van der Waals surface area contributed by atoms with Gasteiger partial charge in [-0.15, -0.1) is 0 Å². The summed E-state index contributed by atoms with van der Waals surface area (Å²) in [6.45, 7) is 3.83. The maximum absolute atomic E-state index is 11.1. The van der Waals surface area contributed by atoms with Gasteiger partial charge in [-0.3, -0.25) is 10.1 Å². The van der Waals surface area contributed by atoms with E-state index in [9.17, 15) is 10.1 Å². The standard InChI is InChI=1S/C19H24N4O4/c1-3-20-19(22-14-15-6-4-5-7-18(15)23(24)25)21-12-13-27-17-10-8-16(26-2)9-11-17/h4-11H,3,12-14H2,1-2H3,(H2,20,21,22). The number of aliphatic imine (C=N–C) groups is 1. The van der Waals surface area contributed by atoms with Crippen molar-refractivity contribution in [2.45, 2.75) is 13.5 Å². The fourth-order valence-corrected chi connectivity index (χ4v) is 2.34. The molecule has 0 atom stereocenters. The molecule has 2 aromatic carbocycles. The first kappa shape index (κ1) is 20.0. The molecule has 0 aromatic heterocycles. The second-order valence-electron chi connectivity index (χ2n) is 5.53. The van der Waals surface area contributed by atoms with Gasteiger partial charge in [0.2, 0.25) is 0 Å². The highest BCUT2D eigenvalue weighted by molar-refractivity contribution is 5.79. The largest absolute Gasteiger partial charge is 0.497 e. The third-order valence-electron chi connectivity index (χ3n) is 3.66. The number of benzene rings is 2. The molecule has 0 fully saturated rings. The molecule has 2 N–H and O–H groups in total. The van der Waals surface area contributed by atoms with E-state index in [-0.39, 0.29) is 12.2 Å². The molecule has 0 aliphatic carbocycles. The Bertz CT molecular complexity index is 763. The molecule has 2 rings (SSSR count). The SMILES string of the molecule is CCNC(=NCc1ccccc1[N+](=O)[O-])NCCOc1ccc(OC)cc1. The van der Waals surface area contributed by atoms with E-state index < -0.39 is 4.92 Å². The summed E-state index contributed by atoms with van der Waals surface area (Å²) in [5.41, 5.74) is 0.633.